The molecule has 0 spiro atoms. The second-order valence-corrected chi connectivity index (χ2v) is 11.6. The summed E-state index contributed by atoms with van der Waals surface area (Å²) in [5, 5.41) is 1.51. The molecule has 0 unspecified atom stereocenters. The maximum atomic E-state index is 4.35. The van der Waals surface area contributed by atoms with E-state index in [-0.39, 0.29) is 0 Å². The molecule has 1 aromatic heterocycles. The van der Waals surface area contributed by atoms with Crippen molar-refractivity contribution in [2.75, 3.05) is 0 Å². The van der Waals surface area contributed by atoms with E-state index in [1.54, 1.807) is 0 Å². The smallest absolute Gasteiger partial charge is 0.0994 e. The van der Waals surface area contributed by atoms with Crippen molar-refractivity contribution in [2.24, 2.45) is 0 Å². The molecule has 0 fully saturated rings. The number of rotatable bonds is 3. The quantitative estimate of drug-likeness (QED) is 0.776. The minimum atomic E-state index is -1.38. The van der Waals surface area contributed by atoms with E-state index in [1.807, 2.05) is 13.3 Å². The van der Waals surface area contributed by atoms with Gasteiger partial charge in [0.25, 0.3) is 0 Å². The molecule has 1 aromatic carbocycles. The molecule has 0 aliphatic rings. The number of benzene rings is 1. The standard InChI is InChI=1S/C16H24N2Si/c1-12(2)14-7-8-15(16(9-14)19(4,5)6)18-10-13(3)17-11-18/h7-12H,1-6H3. The Bertz CT molecular complexity index is 577. The van der Waals surface area contributed by atoms with Crippen molar-refractivity contribution in [1.29, 1.82) is 0 Å². The van der Waals surface area contributed by atoms with Crippen LogP contribution in [0.1, 0.15) is 31.0 Å². The summed E-state index contributed by atoms with van der Waals surface area (Å²) >= 11 is 0. The molecule has 2 rings (SSSR count). The number of hydrogen-bond donors (Lipinski definition) is 0. The highest BCUT2D eigenvalue weighted by atomic mass is 28.3. The van der Waals surface area contributed by atoms with Crippen LogP contribution in [0.15, 0.2) is 30.7 Å². The van der Waals surface area contributed by atoms with Crippen molar-refractivity contribution in [2.45, 2.75) is 46.3 Å². The third kappa shape index (κ3) is 2.98. The lowest BCUT2D eigenvalue weighted by molar-refractivity contribution is 0.866. The van der Waals surface area contributed by atoms with Crippen LogP contribution in [0.4, 0.5) is 0 Å². The van der Waals surface area contributed by atoms with Gasteiger partial charge in [0.15, 0.2) is 0 Å². The molecule has 102 valence electrons. The third-order valence-corrected chi connectivity index (χ3v) is 5.50. The minimum Gasteiger partial charge on any atom is -0.306 e. The van der Waals surface area contributed by atoms with E-state index in [1.165, 1.54) is 16.4 Å². The number of hydrogen-bond acceptors (Lipinski definition) is 1. The van der Waals surface area contributed by atoms with Crippen molar-refractivity contribution < 1.29 is 0 Å². The van der Waals surface area contributed by atoms with Crippen molar-refractivity contribution in [3.63, 3.8) is 0 Å². The first-order valence-corrected chi connectivity index (χ1v) is 10.4. The molecular formula is C16H24N2Si. The van der Waals surface area contributed by atoms with E-state index < -0.39 is 8.07 Å². The predicted octanol–water partition coefficient (Wildman–Crippen LogP) is 3.85. The van der Waals surface area contributed by atoms with Crippen LogP contribution in [0.3, 0.4) is 0 Å². The SMILES string of the molecule is Cc1cn(-c2ccc(C(C)C)cc2[Si](C)(C)C)cn1. The van der Waals surface area contributed by atoms with E-state index in [4.69, 9.17) is 0 Å². The summed E-state index contributed by atoms with van der Waals surface area (Å²) in [6, 6.07) is 6.91. The van der Waals surface area contributed by atoms with Crippen LogP contribution in [0, 0.1) is 6.92 Å². The fraction of sp³-hybridized carbons (Fsp3) is 0.438. The number of imidazole rings is 1. The van der Waals surface area contributed by atoms with Crippen molar-refractivity contribution >= 4 is 13.3 Å². The Hall–Kier alpha value is -1.35. The molecular weight excluding hydrogens is 248 g/mol. The highest BCUT2D eigenvalue weighted by Crippen LogP contribution is 2.19. The van der Waals surface area contributed by atoms with Gasteiger partial charge in [-0.25, -0.2) is 4.98 Å². The Kier molecular flexibility index (Phi) is 3.68. The van der Waals surface area contributed by atoms with E-state index in [0.717, 1.165) is 5.69 Å². The van der Waals surface area contributed by atoms with Crippen LogP contribution in [-0.4, -0.2) is 17.6 Å². The summed E-state index contributed by atoms with van der Waals surface area (Å²) < 4.78 is 2.16. The molecule has 0 saturated heterocycles. The first kappa shape index (κ1) is 14.1. The van der Waals surface area contributed by atoms with Crippen molar-refractivity contribution in [3.8, 4) is 5.69 Å². The van der Waals surface area contributed by atoms with Gasteiger partial charge in [0, 0.05) is 11.9 Å². The van der Waals surface area contributed by atoms with Crippen LogP contribution in [0.25, 0.3) is 5.69 Å². The summed E-state index contributed by atoms with van der Waals surface area (Å²) in [5.41, 5.74) is 3.79. The second-order valence-electron chi connectivity index (χ2n) is 6.60. The monoisotopic (exact) mass is 272 g/mol. The van der Waals surface area contributed by atoms with Crippen LogP contribution >= 0.6 is 0 Å². The number of aryl methyl sites for hydroxylation is 1. The van der Waals surface area contributed by atoms with Crippen LogP contribution in [0.5, 0.6) is 0 Å². The number of aromatic nitrogens is 2. The van der Waals surface area contributed by atoms with Crippen molar-refractivity contribution in [3.05, 3.63) is 42.0 Å². The maximum absolute atomic E-state index is 4.35. The van der Waals surface area contributed by atoms with E-state index >= 15 is 0 Å². The average Bonchev–Trinajstić information content (AvgIpc) is 2.73. The lowest BCUT2D eigenvalue weighted by atomic mass is 10.0. The highest BCUT2D eigenvalue weighted by molar-refractivity contribution is 6.89. The fourth-order valence-corrected chi connectivity index (χ4v) is 3.87. The maximum Gasteiger partial charge on any atom is 0.0994 e. The van der Waals surface area contributed by atoms with Gasteiger partial charge in [0.2, 0.25) is 0 Å². The molecule has 0 N–H and O–H groups in total. The summed E-state index contributed by atoms with van der Waals surface area (Å²) in [6.45, 7) is 13.8. The van der Waals surface area contributed by atoms with Crippen LogP contribution in [0.2, 0.25) is 19.6 Å². The van der Waals surface area contributed by atoms with Gasteiger partial charge >= 0.3 is 0 Å². The van der Waals surface area contributed by atoms with Gasteiger partial charge in [0.05, 0.1) is 20.1 Å². The van der Waals surface area contributed by atoms with Gasteiger partial charge in [-0.3, -0.25) is 0 Å². The molecule has 0 atom stereocenters. The Labute approximate surface area is 117 Å². The lowest BCUT2D eigenvalue weighted by Crippen LogP contribution is -2.40. The Morgan fingerprint density at radius 1 is 1.16 bits per heavy atom. The summed E-state index contributed by atoms with van der Waals surface area (Å²) in [6.07, 6.45) is 4.03. The largest absolute Gasteiger partial charge is 0.306 e. The van der Waals surface area contributed by atoms with Crippen LogP contribution < -0.4 is 5.19 Å². The van der Waals surface area contributed by atoms with Crippen LogP contribution in [-0.2, 0) is 0 Å². The summed E-state index contributed by atoms with van der Waals surface area (Å²) in [4.78, 5) is 4.35. The Balaban J connectivity index is 2.61. The fourth-order valence-electron chi connectivity index (χ4n) is 2.29. The molecule has 0 bridgehead atoms. The summed E-state index contributed by atoms with van der Waals surface area (Å²) in [7, 11) is -1.38. The zero-order valence-electron chi connectivity index (χ0n) is 12.9. The zero-order valence-corrected chi connectivity index (χ0v) is 13.9. The minimum absolute atomic E-state index is 0.577. The molecule has 0 saturated carbocycles. The van der Waals surface area contributed by atoms with Gasteiger partial charge in [-0.1, -0.05) is 45.6 Å². The molecule has 0 amide bonds. The molecule has 19 heavy (non-hydrogen) atoms. The van der Waals surface area contributed by atoms with E-state index in [0.29, 0.717) is 5.92 Å². The molecule has 0 radical (unpaired) electrons. The number of nitrogens with zero attached hydrogens (tertiary/aromatic N) is 2. The average molecular weight is 272 g/mol. The van der Waals surface area contributed by atoms with E-state index in [2.05, 4.69) is 67.4 Å². The highest BCUT2D eigenvalue weighted by Gasteiger charge is 2.22. The van der Waals surface area contributed by atoms with Crippen molar-refractivity contribution in [1.82, 2.24) is 9.55 Å². The predicted molar refractivity (Wildman–Crippen MR) is 85.4 cm³/mol. The molecule has 0 aliphatic heterocycles. The molecule has 2 nitrogen and oxygen atoms in total. The molecule has 0 aliphatic carbocycles. The molecule has 1 heterocycles. The van der Waals surface area contributed by atoms with E-state index in [9.17, 15) is 0 Å². The molecule has 3 heteroatoms. The Morgan fingerprint density at radius 2 is 1.84 bits per heavy atom. The van der Waals surface area contributed by atoms with Gasteiger partial charge < -0.3 is 4.57 Å². The first-order valence-electron chi connectivity index (χ1n) is 6.94. The zero-order chi connectivity index (χ0) is 14.2. The Morgan fingerprint density at radius 3 is 2.32 bits per heavy atom. The second kappa shape index (κ2) is 4.97. The van der Waals surface area contributed by atoms with Gasteiger partial charge in [-0.15, -0.1) is 0 Å². The molecule has 2 aromatic rings. The normalized spacial score (nSPS) is 12.2. The van der Waals surface area contributed by atoms with Gasteiger partial charge in [-0.2, -0.15) is 0 Å². The first-order chi connectivity index (χ1) is 8.79. The third-order valence-electron chi connectivity index (χ3n) is 3.49. The van der Waals surface area contributed by atoms with Gasteiger partial charge in [-0.05, 0) is 29.7 Å². The lowest BCUT2D eigenvalue weighted by Gasteiger charge is -2.23. The summed E-state index contributed by atoms with van der Waals surface area (Å²) in [5.74, 6) is 0.577. The van der Waals surface area contributed by atoms with Gasteiger partial charge in [0.1, 0.15) is 0 Å². The topological polar surface area (TPSA) is 17.8 Å².